The Kier molecular flexibility index (Phi) is 2.64. The van der Waals surface area contributed by atoms with Gasteiger partial charge < -0.3 is 5.11 Å². The smallest absolute Gasteiger partial charge is 0.0861 e. The minimum absolute atomic E-state index is 0.792. The molecule has 0 atom stereocenters. The highest BCUT2D eigenvalue weighted by Gasteiger charge is 2.20. The van der Waals surface area contributed by atoms with Gasteiger partial charge in [0.2, 0.25) is 0 Å². The molecule has 2 aromatic rings. The molecular formula is C14H13NO. The van der Waals surface area contributed by atoms with Crippen molar-refractivity contribution in [1.29, 1.82) is 0 Å². The monoisotopic (exact) mass is 211 g/mol. The van der Waals surface area contributed by atoms with E-state index in [0.717, 1.165) is 16.8 Å². The average Bonchev–Trinajstić information content (AvgIpc) is 2.29. The van der Waals surface area contributed by atoms with E-state index in [4.69, 9.17) is 0 Å². The molecule has 0 radical (unpaired) electrons. The molecule has 1 aromatic heterocycles. The summed E-state index contributed by atoms with van der Waals surface area (Å²) in [5.41, 5.74) is 1.65. The Labute approximate surface area is 95.6 Å². The van der Waals surface area contributed by atoms with Gasteiger partial charge in [-0.2, -0.15) is 0 Å². The van der Waals surface area contributed by atoms with E-state index in [1.54, 1.807) is 26.1 Å². The zero-order valence-electron chi connectivity index (χ0n) is 9.36. The van der Waals surface area contributed by atoms with Crippen LogP contribution < -0.4 is 0 Å². The summed E-state index contributed by atoms with van der Waals surface area (Å²) in [6.07, 6.45) is 1.72. The van der Waals surface area contributed by atoms with Gasteiger partial charge in [0.05, 0.1) is 11.3 Å². The number of hydrogen-bond donors (Lipinski definition) is 1. The number of rotatable bonds is 2. The van der Waals surface area contributed by atoms with Gasteiger partial charge in [0.1, 0.15) is 0 Å². The zero-order chi connectivity index (χ0) is 11.6. The molecule has 0 unspecified atom stereocenters. The van der Waals surface area contributed by atoms with Crippen molar-refractivity contribution >= 4 is 0 Å². The molecule has 0 spiro atoms. The van der Waals surface area contributed by atoms with Gasteiger partial charge in [-0.05, 0) is 38.1 Å². The Bertz CT molecular complexity index is 472. The maximum absolute atomic E-state index is 10.1. The molecule has 1 aromatic carbocycles. The van der Waals surface area contributed by atoms with Crippen LogP contribution in [0.25, 0.3) is 11.3 Å². The lowest BCUT2D eigenvalue weighted by molar-refractivity contribution is 0.0789. The van der Waals surface area contributed by atoms with E-state index in [2.05, 4.69) is 17.1 Å². The van der Waals surface area contributed by atoms with Gasteiger partial charge in [-0.1, -0.05) is 18.2 Å². The van der Waals surface area contributed by atoms with Crippen LogP contribution in [0.2, 0.25) is 0 Å². The van der Waals surface area contributed by atoms with Crippen LogP contribution in [0.1, 0.15) is 19.4 Å². The molecule has 0 saturated heterocycles. The van der Waals surface area contributed by atoms with Crippen LogP contribution >= 0.6 is 0 Å². The van der Waals surface area contributed by atoms with Crippen LogP contribution in [-0.4, -0.2) is 10.1 Å². The zero-order valence-corrected chi connectivity index (χ0v) is 9.36. The lowest BCUT2D eigenvalue weighted by Gasteiger charge is -2.20. The number of hydrogen-bond acceptors (Lipinski definition) is 2. The molecule has 16 heavy (non-hydrogen) atoms. The predicted molar refractivity (Wildman–Crippen MR) is 62.6 cm³/mol. The highest BCUT2D eigenvalue weighted by Crippen LogP contribution is 2.28. The minimum atomic E-state index is -0.900. The molecule has 2 nitrogen and oxygen atoms in total. The van der Waals surface area contributed by atoms with E-state index in [0.29, 0.717) is 0 Å². The van der Waals surface area contributed by atoms with Gasteiger partial charge in [0.25, 0.3) is 0 Å². The van der Waals surface area contributed by atoms with Crippen LogP contribution in [-0.2, 0) is 5.60 Å². The second kappa shape index (κ2) is 3.96. The van der Waals surface area contributed by atoms with Crippen LogP contribution in [0.4, 0.5) is 0 Å². The standard InChI is InChI=1S/C14H13NO/c1-14(2,16)12-9-6-10-15-13(12)11-7-4-3-5-8-11/h4,6-10,16H,1-2H3. The third-order valence-corrected chi connectivity index (χ3v) is 2.40. The van der Waals surface area contributed by atoms with Gasteiger partial charge in [-0.25, -0.2) is 0 Å². The predicted octanol–water partition coefficient (Wildman–Crippen LogP) is 2.58. The summed E-state index contributed by atoms with van der Waals surface area (Å²) in [5.74, 6) is 0. The van der Waals surface area contributed by atoms with Gasteiger partial charge in [-0.3, -0.25) is 4.98 Å². The first kappa shape index (κ1) is 10.7. The highest BCUT2D eigenvalue weighted by molar-refractivity contribution is 5.63. The van der Waals surface area contributed by atoms with E-state index in [1.807, 2.05) is 24.3 Å². The summed E-state index contributed by atoms with van der Waals surface area (Å²) in [4.78, 5) is 4.32. The molecule has 0 aliphatic carbocycles. The first-order chi connectivity index (χ1) is 7.59. The largest absolute Gasteiger partial charge is 0.386 e. The summed E-state index contributed by atoms with van der Waals surface area (Å²) in [7, 11) is 0. The third-order valence-electron chi connectivity index (χ3n) is 2.40. The summed E-state index contributed by atoms with van der Waals surface area (Å²) in [6.45, 7) is 3.51. The normalized spacial score (nSPS) is 10.9. The van der Waals surface area contributed by atoms with Crippen molar-refractivity contribution in [3.63, 3.8) is 0 Å². The molecule has 0 fully saturated rings. The molecule has 0 amide bonds. The number of aromatic nitrogens is 1. The Morgan fingerprint density at radius 1 is 1.25 bits per heavy atom. The van der Waals surface area contributed by atoms with Crippen molar-refractivity contribution in [2.45, 2.75) is 19.4 Å². The van der Waals surface area contributed by atoms with Crippen LogP contribution in [0.3, 0.4) is 0 Å². The Hall–Kier alpha value is -1.85. The molecule has 80 valence electrons. The van der Waals surface area contributed by atoms with Gasteiger partial charge in [0, 0.05) is 17.3 Å². The Morgan fingerprint density at radius 3 is 2.69 bits per heavy atom. The van der Waals surface area contributed by atoms with Crippen molar-refractivity contribution < 1.29 is 5.11 Å². The van der Waals surface area contributed by atoms with Gasteiger partial charge in [0.15, 0.2) is 0 Å². The molecule has 0 aliphatic rings. The molecule has 1 N–H and O–H groups in total. The topological polar surface area (TPSA) is 33.1 Å². The summed E-state index contributed by atoms with van der Waals surface area (Å²) in [6, 6.07) is 15.0. The number of aliphatic hydroxyl groups is 1. The molecule has 0 aliphatic heterocycles. The molecule has 0 saturated carbocycles. The Morgan fingerprint density at radius 2 is 2.06 bits per heavy atom. The van der Waals surface area contributed by atoms with E-state index in [-0.39, 0.29) is 0 Å². The second-order valence-electron chi connectivity index (χ2n) is 4.18. The fourth-order valence-corrected chi connectivity index (χ4v) is 1.62. The van der Waals surface area contributed by atoms with Gasteiger partial charge >= 0.3 is 0 Å². The van der Waals surface area contributed by atoms with Crippen LogP contribution in [0.5, 0.6) is 0 Å². The lowest BCUT2D eigenvalue weighted by atomic mass is 9.94. The first-order valence-electron chi connectivity index (χ1n) is 5.15. The maximum atomic E-state index is 10.1. The van der Waals surface area contributed by atoms with E-state index < -0.39 is 5.60 Å². The summed E-state index contributed by atoms with van der Waals surface area (Å²) in [5, 5.41) is 10.1. The van der Waals surface area contributed by atoms with Gasteiger partial charge in [-0.15, -0.1) is 0 Å². The second-order valence-corrected chi connectivity index (χ2v) is 4.18. The molecule has 1 heterocycles. The number of pyridine rings is 1. The van der Waals surface area contributed by atoms with Crippen molar-refractivity contribution in [1.82, 2.24) is 4.98 Å². The lowest BCUT2D eigenvalue weighted by Crippen LogP contribution is -2.17. The third kappa shape index (κ3) is 2.05. The fourth-order valence-electron chi connectivity index (χ4n) is 1.62. The molecule has 0 bridgehead atoms. The highest BCUT2D eigenvalue weighted by atomic mass is 16.3. The van der Waals surface area contributed by atoms with E-state index >= 15 is 0 Å². The summed E-state index contributed by atoms with van der Waals surface area (Å²) < 4.78 is 0. The fraction of sp³-hybridized carbons (Fsp3) is 0.214. The van der Waals surface area contributed by atoms with Crippen molar-refractivity contribution in [3.05, 3.63) is 54.2 Å². The molecule has 2 rings (SSSR count). The SMILES string of the molecule is CC(C)(O)c1cccnc1-c1cc#ccc1. The van der Waals surface area contributed by atoms with Crippen molar-refractivity contribution in [2.24, 2.45) is 0 Å². The van der Waals surface area contributed by atoms with E-state index in [9.17, 15) is 5.11 Å². The van der Waals surface area contributed by atoms with Crippen LogP contribution in [0.15, 0.2) is 36.5 Å². The van der Waals surface area contributed by atoms with E-state index in [1.165, 1.54) is 0 Å². The Balaban J connectivity index is 2.58. The minimum Gasteiger partial charge on any atom is -0.386 e. The van der Waals surface area contributed by atoms with Crippen LogP contribution in [0, 0.1) is 12.1 Å². The number of nitrogens with zero attached hydrogens (tertiary/aromatic N) is 1. The maximum Gasteiger partial charge on any atom is 0.0861 e. The first-order valence-corrected chi connectivity index (χ1v) is 5.15. The quantitative estimate of drug-likeness (QED) is 0.828. The summed E-state index contributed by atoms with van der Waals surface area (Å²) >= 11 is 0. The molecule has 2 heteroatoms. The van der Waals surface area contributed by atoms with Crippen molar-refractivity contribution in [2.75, 3.05) is 0 Å². The van der Waals surface area contributed by atoms with Crippen molar-refractivity contribution in [3.8, 4) is 11.3 Å². The average molecular weight is 211 g/mol. The molecular weight excluding hydrogens is 198 g/mol.